The summed E-state index contributed by atoms with van der Waals surface area (Å²) in [5, 5.41) is 0. The molecule has 19 heavy (non-hydrogen) atoms. The zero-order valence-corrected chi connectivity index (χ0v) is 13.2. The highest BCUT2D eigenvalue weighted by molar-refractivity contribution is 7.80. The summed E-state index contributed by atoms with van der Waals surface area (Å²) in [4.78, 5) is 0. The minimum Gasteiger partial charge on any atom is -0.497 e. The third kappa shape index (κ3) is 3.38. The zero-order chi connectivity index (χ0) is 14.1. The Labute approximate surface area is 121 Å². The van der Waals surface area contributed by atoms with Gasteiger partial charge in [0.1, 0.15) is 11.5 Å². The van der Waals surface area contributed by atoms with Crippen molar-refractivity contribution in [3.8, 4) is 11.5 Å². The van der Waals surface area contributed by atoms with Gasteiger partial charge in [0.25, 0.3) is 0 Å². The normalized spacial score (nSPS) is 17.1. The summed E-state index contributed by atoms with van der Waals surface area (Å²) in [6, 6.07) is 6.06. The molecule has 0 bridgehead atoms. The molecule has 1 saturated carbocycles. The Morgan fingerprint density at radius 2 is 1.95 bits per heavy atom. The molecule has 0 unspecified atom stereocenters. The fourth-order valence-corrected chi connectivity index (χ4v) is 2.51. The molecule has 0 radical (unpaired) electrons. The van der Waals surface area contributed by atoms with Gasteiger partial charge in [-0.1, -0.05) is 20.8 Å². The van der Waals surface area contributed by atoms with E-state index in [1.165, 1.54) is 18.4 Å². The second-order valence-electron chi connectivity index (χ2n) is 6.56. The number of thiol groups is 1. The van der Waals surface area contributed by atoms with E-state index in [0.29, 0.717) is 5.41 Å². The number of ether oxygens (including phenoxy) is 2. The molecule has 0 atom stereocenters. The van der Waals surface area contributed by atoms with E-state index in [4.69, 9.17) is 9.47 Å². The van der Waals surface area contributed by atoms with Crippen LogP contribution in [0.15, 0.2) is 18.2 Å². The van der Waals surface area contributed by atoms with Crippen molar-refractivity contribution in [3.05, 3.63) is 23.8 Å². The van der Waals surface area contributed by atoms with Gasteiger partial charge in [0.15, 0.2) is 0 Å². The van der Waals surface area contributed by atoms with E-state index in [-0.39, 0.29) is 5.41 Å². The van der Waals surface area contributed by atoms with E-state index >= 15 is 0 Å². The van der Waals surface area contributed by atoms with Crippen molar-refractivity contribution in [2.24, 2.45) is 5.41 Å². The summed E-state index contributed by atoms with van der Waals surface area (Å²) in [5.41, 5.74) is 1.56. The van der Waals surface area contributed by atoms with Crippen molar-refractivity contribution in [3.63, 3.8) is 0 Å². The van der Waals surface area contributed by atoms with Gasteiger partial charge in [-0.2, -0.15) is 12.6 Å². The van der Waals surface area contributed by atoms with E-state index in [0.717, 1.165) is 23.9 Å². The first kappa shape index (κ1) is 14.6. The number of hydrogen-bond donors (Lipinski definition) is 1. The van der Waals surface area contributed by atoms with Gasteiger partial charge in [0, 0.05) is 11.0 Å². The summed E-state index contributed by atoms with van der Waals surface area (Å²) in [6.07, 6.45) is 2.47. The summed E-state index contributed by atoms with van der Waals surface area (Å²) in [7, 11) is 1.70. The average molecular weight is 280 g/mol. The van der Waals surface area contributed by atoms with Crippen LogP contribution in [0.25, 0.3) is 0 Å². The highest BCUT2D eigenvalue weighted by Crippen LogP contribution is 2.47. The van der Waals surface area contributed by atoms with Crippen LogP contribution in [-0.4, -0.2) is 19.5 Å². The quantitative estimate of drug-likeness (QED) is 0.819. The molecule has 2 nitrogen and oxygen atoms in total. The molecule has 1 aliphatic carbocycles. The maximum atomic E-state index is 6.08. The zero-order valence-electron chi connectivity index (χ0n) is 12.3. The summed E-state index contributed by atoms with van der Waals surface area (Å²) < 4.78 is 11.4. The van der Waals surface area contributed by atoms with E-state index in [1.54, 1.807) is 7.11 Å². The molecule has 0 amide bonds. The standard InChI is InChI=1S/C16H24O2S/c1-15(2,3)13-9-12(17-4)5-6-14(13)18-10-16(11-19)7-8-16/h5-6,9,19H,7-8,10-11H2,1-4H3. The minimum atomic E-state index is 0.0432. The molecule has 106 valence electrons. The number of benzene rings is 1. The third-order valence-electron chi connectivity index (χ3n) is 3.82. The van der Waals surface area contributed by atoms with Crippen molar-refractivity contribution in [1.29, 1.82) is 0 Å². The van der Waals surface area contributed by atoms with Gasteiger partial charge in [-0.3, -0.25) is 0 Å². The fraction of sp³-hybridized carbons (Fsp3) is 0.625. The lowest BCUT2D eigenvalue weighted by Crippen LogP contribution is -2.18. The average Bonchev–Trinajstić information content (AvgIpc) is 3.16. The predicted molar refractivity (Wildman–Crippen MR) is 82.7 cm³/mol. The largest absolute Gasteiger partial charge is 0.497 e. The molecule has 1 aromatic carbocycles. The molecule has 0 N–H and O–H groups in total. The second kappa shape index (κ2) is 5.28. The molecule has 1 aliphatic rings. The van der Waals surface area contributed by atoms with Gasteiger partial charge in [-0.05, 0) is 42.2 Å². The highest BCUT2D eigenvalue weighted by atomic mass is 32.1. The maximum Gasteiger partial charge on any atom is 0.123 e. The van der Waals surface area contributed by atoms with Crippen LogP contribution in [0.1, 0.15) is 39.2 Å². The van der Waals surface area contributed by atoms with Gasteiger partial charge in [-0.15, -0.1) is 0 Å². The second-order valence-corrected chi connectivity index (χ2v) is 6.88. The lowest BCUT2D eigenvalue weighted by Gasteiger charge is -2.24. The first-order chi connectivity index (χ1) is 8.90. The van der Waals surface area contributed by atoms with Gasteiger partial charge < -0.3 is 9.47 Å². The van der Waals surface area contributed by atoms with E-state index in [2.05, 4.69) is 39.5 Å². The van der Waals surface area contributed by atoms with Crippen molar-refractivity contribution >= 4 is 12.6 Å². The maximum absolute atomic E-state index is 6.08. The molecular formula is C16H24O2S. The van der Waals surface area contributed by atoms with Crippen LogP contribution in [0.4, 0.5) is 0 Å². The predicted octanol–water partition coefficient (Wildman–Crippen LogP) is 4.08. The molecule has 1 fully saturated rings. The Morgan fingerprint density at radius 3 is 2.42 bits per heavy atom. The molecule has 2 rings (SSSR count). The molecule has 0 aliphatic heterocycles. The number of methoxy groups -OCH3 is 1. The summed E-state index contributed by atoms with van der Waals surface area (Å²) in [6.45, 7) is 7.35. The van der Waals surface area contributed by atoms with Crippen LogP contribution in [-0.2, 0) is 5.41 Å². The third-order valence-corrected chi connectivity index (χ3v) is 4.49. The lowest BCUT2D eigenvalue weighted by atomic mass is 9.86. The first-order valence-electron chi connectivity index (χ1n) is 6.82. The topological polar surface area (TPSA) is 18.5 Å². The molecule has 0 aromatic heterocycles. The van der Waals surface area contributed by atoms with Gasteiger partial charge in [-0.25, -0.2) is 0 Å². The van der Waals surface area contributed by atoms with Gasteiger partial charge >= 0.3 is 0 Å². The minimum absolute atomic E-state index is 0.0432. The van der Waals surface area contributed by atoms with Crippen molar-refractivity contribution < 1.29 is 9.47 Å². The van der Waals surface area contributed by atoms with Gasteiger partial charge in [0.2, 0.25) is 0 Å². The van der Waals surface area contributed by atoms with E-state index < -0.39 is 0 Å². The molecule has 1 aromatic rings. The van der Waals surface area contributed by atoms with Gasteiger partial charge in [0.05, 0.1) is 13.7 Å². The van der Waals surface area contributed by atoms with Crippen molar-refractivity contribution in [2.45, 2.75) is 39.0 Å². The Bertz CT molecular complexity index is 445. The number of rotatable bonds is 5. The smallest absolute Gasteiger partial charge is 0.123 e. The van der Waals surface area contributed by atoms with Crippen molar-refractivity contribution in [2.75, 3.05) is 19.5 Å². The fourth-order valence-electron chi connectivity index (χ4n) is 2.10. The van der Waals surface area contributed by atoms with Crippen LogP contribution >= 0.6 is 12.6 Å². The van der Waals surface area contributed by atoms with E-state index in [9.17, 15) is 0 Å². The number of hydrogen-bond acceptors (Lipinski definition) is 3. The van der Waals surface area contributed by atoms with Crippen LogP contribution in [0.2, 0.25) is 0 Å². The lowest BCUT2D eigenvalue weighted by molar-refractivity contribution is 0.245. The Kier molecular flexibility index (Phi) is 4.05. The van der Waals surface area contributed by atoms with E-state index in [1.807, 2.05) is 12.1 Å². The Morgan fingerprint density at radius 1 is 1.26 bits per heavy atom. The van der Waals surface area contributed by atoms with Crippen LogP contribution in [0.3, 0.4) is 0 Å². The SMILES string of the molecule is COc1ccc(OCC2(CS)CC2)c(C(C)(C)C)c1. The molecule has 3 heteroatoms. The van der Waals surface area contributed by atoms with Crippen LogP contribution in [0, 0.1) is 5.41 Å². The molecular weight excluding hydrogens is 256 g/mol. The molecule has 0 heterocycles. The summed E-state index contributed by atoms with van der Waals surface area (Å²) in [5.74, 6) is 2.77. The molecule has 0 spiro atoms. The summed E-state index contributed by atoms with van der Waals surface area (Å²) >= 11 is 4.42. The monoisotopic (exact) mass is 280 g/mol. The van der Waals surface area contributed by atoms with Crippen molar-refractivity contribution in [1.82, 2.24) is 0 Å². The van der Waals surface area contributed by atoms with Crippen LogP contribution in [0.5, 0.6) is 11.5 Å². The Balaban J connectivity index is 2.19. The first-order valence-corrected chi connectivity index (χ1v) is 7.46. The Hall–Kier alpha value is -0.830. The molecule has 0 saturated heterocycles. The highest BCUT2D eigenvalue weighted by Gasteiger charge is 2.42. The van der Waals surface area contributed by atoms with Crippen LogP contribution < -0.4 is 9.47 Å².